The van der Waals surface area contributed by atoms with E-state index < -0.39 is 0 Å². The van der Waals surface area contributed by atoms with E-state index in [0.29, 0.717) is 6.54 Å². The highest BCUT2D eigenvalue weighted by Gasteiger charge is 1.95. The van der Waals surface area contributed by atoms with Gasteiger partial charge in [0, 0.05) is 13.5 Å². The van der Waals surface area contributed by atoms with Crippen LogP contribution in [0.4, 0.5) is 0 Å². The number of nitrogens with one attached hydrogen (secondary N) is 1. The first-order chi connectivity index (χ1) is 3.63. The van der Waals surface area contributed by atoms with Gasteiger partial charge in [0.15, 0.2) is 0 Å². The molecule has 0 heterocycles. The zero-order chi connectivity index (χ0) is 6.57. The number of carbonyl (C=O) groups excluding carboxylic acids is 1. The van der Waals surface area contributed by atoms with Crippen molar-refractivity contribution in [1.82, 2.24) is 5.32 Å². The van der Waals surface area contributed by atoms with Crippen molar-refractivity contribution < 1.29 is 4.79 Å². The second-order valence-corrected chi connectivity index (χ2v) is 4.77. The van der Waals surface area contributed by atoms with Crippen LogP contribution in [-0.2, 0) is 4.79 Å². The summed E-state index contributed by atoms with van der Waals surface area (Å²) in [6.07, 6.45) is 0. The summed E-state index contributed by atoms with van der Waals surface area (Å²) in [6, 6.07) is 0. The van der Waals surface area contributed by atoms with Crippen molar-refractivity contribution in [3.63, 3.8) is 0 Å². The van der Waals surface area contributed by atoms with Crippen LogP contribution in [0.15, 0.2) is 0 Å². The summed E-state index contributed by atoms with van der Waals surface area (Å²) < 4.78 is 0.180. The van der Waals surface area contributed by atoms with E-state index in [4.69, 9.17) is 0 Å². The monoisotopic (exact) mass is 243 g/mol. The van der Waals surface area contributed by atoms with Gasteiger partial charge in [0.25, 0.3) is 0 Å². The lowest BCUT2D eigenvalue weighted by atomic mass is 10.6. The summed E-state index contributed by atoms with van der Waals surface area (Å²) in [6.45, 7) is 2.11. The molecule has 0 aromatic carbocycles. The largest absolute Gasteiger partial charge is 0.354 e. The van der Waals surface area contributed by atoms with E-state index in [1.807, 2.05) is 0 Å². The highest BCUT2D eigenvalue weighted by molar-refractivity contribution is 9.24. The molecule has 0 fully saturated rings. The maximum atomic E-state index is 10.2. The summed E-state index contributed by atoms with van der Waals surface area (Å²) in [5, 5.41) is 2.61. The third-order valence-electron chi connectivity index (χ3n) is 0.505. The number of alkyl halides is 2. The highest BCUT2D eigenvalue weighted by Crippen LogP contribution is 2.04. The molecule has 0 spiro atoms. The Kier molecular flexibility index (Phi) is 4.56. The summed E-state index contributed by atoms with van der Waals surface area (Å²) in [5.41, 5.74) is 0. The molecule has 48 valence electrons. The Morgan fingerprint density at radius 3 is 2.38 bits per heavy atom. The Hall–Kier alpha value is 0.430. The van der Waals surface area contributed by atoms with Gasteiger partial charge in [0.2, 0.25) is 5.91 Å². The van der Waals surface area contributed by atoms with E-state index in [1.165, 1.54) is 6.92 Å². The lowest BCUT2D eigenvalue weighted by Gasteiger charge is -1.99. The Bertz CT molecular complexity index is 84.1. The first-order valence-electron chi connectivity index (χ1n) is 2.15. The minimum Gasteiger partial charge on any atom is -0.354 e. The van der Waals surface area contributed by atoms with E-state index in [-0.39, 0.29) is 9.64 Å². The van der Waals surface area contributed by atoms with E-state index >= 15 is 0 Å². The maximum Gasteiger partial charge on any atom is 0.216 e. The van der Waals surface area contributed by atoms with Crippen molar-refractivity contribution >= 4 is 37.8 Å². The third-order valence-corrected chi connectivity index (χ3v) is 1.15. The van der Waals surface area contributed by atoms with Crippen LogP contribution in [0.1, 0.15) is 6.92 Å². The van der Waals surface area contributed by atoms with Gasteiger partial charge in [-0.25, -0.2) is 0 Å². The fourth-order valence-corrected chi connectivity index (χ4v) is 0.545. The van der Waals surface area contributed by atoms with Crippen LogP contribution in [-0.4, -0.2) is 16.2 Å². The van der Waals surface area contributed by atoms with Gasteiger partial charge in [-0.05, 0) is 0 Å². The molecule has 2 nitrogen and oxygen atoms in total. The molecule has 0 aromatic rings. The van der Waals surface area contributed by atoms with Crippen LogP contribution in [0.2, 0.25) is 0 Å². The predicted octanol–water partition coefficient (Wildman–Crippen LogP) is 1.24. The molecule has 0 bridgehead atoms. The van der Waals surface area contributed by atoms with Gasteiger partial charge in [-0.1, -0.05) is 31.9 Å². The van der Waals surface area contributed by atoms with Gasteiger partial charge in [0.05, 0.1) is 3.74 Å². The molecule has 0 saturated carbocycles. The zero-order valence-corrected chi connectivity index (χ0v) is 7.62. The Labute approximate surface area is 65.3 Å². The number of carbonyl (C=O) groups is 1. The topological polar surface area (TPSA) is 29.1 Å². The van der Waals surface area contributed by atoms with Crippen LogP contribution in [0.5, 0.6) is 0 Å². The second-order valence-electron chi connectivity index (χ2n) is 1.33. The van der Waals surface area contributed by atoms with Crippen molar-refractivity contribution in [3.8, 4) is 0 Å². The van der Waals surface area contributed by atoms with Gasteiger partial charge in [0.1, 0.15) is 0 Å². The zero-order valence-electron chi connectivity index (χ0n) is 4.45. The van der Waals surface area contributed by atoms with E-state index in [2.05, 4.69) is 37.2 Å². The average Bonchev–Trinajstić information content (AvgIpc) is 1.61. The van der Waals surface area contributed by atoms with Gasteiger partial charge in [-0.3, -0.25) is 4.79 Å². The summed E-state index contributed by atoms with van der Waals surface area (Å²) in [7, 11) is 0. The van der Waals surface area contributed by atoms with E-state index in [1.54, 1.807) is 0 Å². The van der Waals surface area contributed by atoms with Gasteiger partial charge in [-0.2, -0.15) is 0 Å². The minimum absolute atomic E-state index is 0.00565. The third kappa shape index (κ3) is 6.43. The lowest BCUT2D eigenvalue weighted by Crippen LogP contribution is -2.24. The molecular weight excluding hydrogens is 238 g/mol. The van der Waals surface area contributed by atoms with Crippen LogP contribution in [0.3, 0.4) is 0 Å². The molecular formula is C4H7Br2NO. The fraction of sp³-hybridized carbons (Fsp3) is 0.750. The molecule has 0 aliphatic carbocycles. The Balaban J connectivity index is 3.05. The van der Waals surface area contributed by atoms with Gasteiger partial charge < -0.3 is 5.32 Å². The van der Waals surface area contributed by atoms with Crippen LogP contribution in [0, 0.1) is 0 Å². The number of hydrogen-bond donors (Lipinski definition) is 1. The van der Waals surface area contributed by atoms with Crippen LogP contribution in [0.25, 0.3) is 0 Å². The molecule has 0 unspecified atom stereocenters. The van der Waals surface area contributed by atoms with Crippen molar-refractivity contribution in [1.29, 1.82) is 0 Å². The summed E-state index contributed by atoms with van der Waals surface area (Å²) >= 11 is 6.41. The molecule has 0 radical (unpaired) electrons. The molecule has 0 saturated heterocycles. The number of amides is 1. The summed E-state index contributed by atoms with van der Waals surface area (Å²) in [5.74, 6) is -0.00565. The smallest absolute Gasteiger partial charge is 0.216 e. The molecule has 1 N–H and O–H groups in total. The normalized spacial score (nSPS) is 9.50. The Morgan fingerprint density at radius 2 is 2.25 bits per heavy atom. The first-order valence-corrected chi connectivity index (χ1v) is 3.98. The fourth-order valence-electron chi connectivity index (χ4n) is 0.221. The minimum atomic E-state index is -0.00565. The molecule has 0 aliphatic rings. The molecule has 0 atom stereocenters. The number of rotatable bonds is 2. The average molecular weight is 245 g/mol. The van der Waals surface area contributed by atoms with Crippen molar-refractivity contribution in [3.05, 3.63) is 0 Å². The molecule has 0 aromatic heterocycles. The van der Waals surface area contributed by atoms with Crippen molar-refractivity contribution in [2.45, 2.75) is 10.7 Å². The lowest BCUT2D eigenvalue weighted by molar-refractivity contribution is -0.118. The molecule has 1 amide bonds. The number of hydrogen-bond acceptors (Lipinski definition) is 1. The SMILES string of the molecule is CC(=O)NCC(Br)Br. The maximum absolute atomic E-state index is 10.2. The van der Waals surface area contributed by atoms with Crippen molar-refractivity contribution in [2.75, 3.05) is 6.54 Å². The Morgan fingerprint density at radius 1 is 1.75 bits per heavy atom. The molecule has 4 heteroatoms. The quantitative estimate of drug-likeness (QED) is 0.728. The summed E-state index contributed by atoms with van der Waals surface area (Å²) in [4.78, 5) is 10.2. The highest BCUT2D eigenvalue weighted by atomic mass is 79.9. The van der Waals surface area contributed by atoms with Gasteiger partial charge >= 0.3 is 0 Å². The number of halogens is 2. The van der Waals surface area contributed by atoms with E-state index in [0.717, 1.165) is 0 Å². The standard InChI is InChI=1S/C4H7Br2NO/c1-3(8)7-2-4(5)6/h4H,2H2,1H3,(H,7,8). The first kappa shape index (κ1) is 8.43. The van der Waals surface area contributed by atoms with Crippen molar-refractivity contribution in [2.24, 2.45) is 0 Å². The molecule has 0 rings (SSSR count). The van der Waals surface area contributed by atoms with E-state index in [9.17, 15) is 4.79 Å². The molecule has 0 aliphatic heterocycles. The van der Waals surface area contributed by atoms with Crippen LogP contribution < -0.4 is 5.32 Å². The predicted molar refractivity (Wildman–Crippen MR) is 40.3 cm³/mol. The second kappa shape index (κ2) is 4.32. The van der Waals surface area contributed by atoms with Crippen LogP contribution >= 0.6 is 31.9 Å². The molecule has 8 heavy (non-hydrogen) atoms. The van der Waals surface area contributed by atoms with Gasteiger partial charge in [-0.15, -0.1) is 0 Å².